The highest BCUT2D eigenvalue weighted by Crippen LogP contribution is 2.39. The number of ether oxygens (including phenoxy) is 1. The molecule has 31 heavy (non-hydrogen) atoms. The number of alkyl halides is 3. The van der Waals surface area contributed by atoms with Crippen LogP contribution in [-0.2, 0) is 10.9 Å². The number of aromatic nitrogens is 2. The van der Waals surface area contributed by atoms with Gasteiger partial charge < -0.3 is 4.74 Å². The number of nitrogens with zero attached hydrogens (tertiary/aromatic N) is 3. The molecule has 160 valence electrons. The van der Waals surface area contributed by atoms with Crippen LogP contribution in [-0.4, -0.2) is 35.1 Å². The number of para-hydroxylation sites is 2. The van der Waals surface area contributed by atoms with Crippen LogP contribution >= 0.6 is 22.7 Å². The zero-order chi connectivity index (χ0) is 21.6. The maximum atomic E-state index is 13.5. The lowest BCUT2D eigenvalue weighted by molar-refractivity contribution is -0.136. The Morgan fingerprint density at radius 1 is 1.10 bits per heavy atom. The van der Waals surface area contributed by atoms with Crippen molar-refractivity contribution >= 4 is 54.1 Å². The number of rotatable bonds is 4. The van der Waals surface area contributed by atoms with E-state index in [1.165, 1.54) is 22.3 Å². The molecule has 1 aliphatic rings. The van der Waals surface area contributed by atoms with Crippen LogP contribution in [0.1, 0.15) is 28.2 Å². The Kier molecular flexibility index (Phi) is 5.15. The first-order valence-corrected chi connectivity index (χ1v) is 11.3. The third-order valence-electron chi connectivity index (χ3n) is 5.08. The van der Waals surface area contributed by atoms with Crippen molar-refractivity contribution < 1.29 is 22.7 Å². The van der Waals surface area contributed by atoms with E-state index < -0.39 is 11.7 Å². The minimum Gasteiger partial charge on any atom is -0.376 e. The Balaban J connectivity index is 1.58. The summed E-state index contributed by atoms with van der Waals surface area (Å²) in [6.45, 7) is 0.821. The highest BCUT2D eigenvalue weighted by molar-refractivity contribution is 7.23. The number of thiazole rings is 2. The SMILES string of the molecule is O=C(c1nc2ccccc2s1)N(C[C@H]1CCCO1)c1nc2c(C(F)(F)F)cccc2s1. The third-order valence-corrected chi connectivity index (χ3v) is 7.14. The smallest absolute Gasteiger partial charge is 0.376 e. The second kappa shape index (κ2) is 7.85. The van der Waals surface area contributed by atoms with Gasteiger partial charge in [0.2, 0.25) is 0 Å². The van der Waals surface area contributed by atoms with Crippen molar-refractivity contribution in [1.29, 1.82) is 0 Å². The second-order valence-corrected chi connectivity index (χ2v) is 9.22. The largest absolute Gasteiger partial charge is 0.418 e. The van der Waals surface area contributed by atoms with Crippen molar-refractivity contribution in [1.82, 2.24) is 9.97 Å². The third kappa shape index (κ3) is 3.90. The van der Waals surface area contributed by atoms with Crippen molar-refractivity contribution in [3.63, 3.8) is 0 Å². The number of halogens is 3. The molecule has 0 aliphatic carbocycles. The van der Waals surface area contributed by atoms with Gasteiger partial charge in [0.15, 0.2) is 10.1 Å². The Morgan fingerprint density at radius 2 is 1.90 bits per heavy atom. The quantitative estimate of drug-likeness (QED) is 0.387. The number of amides is 1. The zero-order valence-corrected chi connectivity index (χ0v) is 17.7. The molecule has 1 fully saturated rings. The van der Waals surface area contributed by atoms with Crippen molar-refractivity contribution in [2.24, 2.45) is 0 Å². The predicted molar refractivity (Wildman–Crippen MR) is 115 cm³/mol. The van der Waals surface area contributed by atoms with Gasteiger partial charge in [-0.15, -0.1) is 11.3 Å². The molecule has 5 rings (SSSR count). The molecule has 2 aromatic carbocycles. The van der Waals surface area contributed by atoms with Crippen molar-refractivity contribution in [2.75, 3.05) is 18.1 Å². The minimum atomic E-state index is -4.53. The summed E-state index contributed by atoms with van der Waals surface area (Å²) in [6, 6.07) is 11.3. The lowest BCUT2D eigenvalue weighted by Crippen LogP contribution is -2.37. The molecular weight excluding hydrogens is 447 g/mol. The summed E-state index contributed by atoms with van der Waals surface area (Å²) in [6.07, 6.45) is -3.05. The van der Waals surface area contributed by atoms with E-state index in [1.54, 1.807) is 6.07 Å². The van der Waals surface area contributed by atoms with Crippen LogP contribution in [0.3, 0.4) is 0 Å². The predicted octanol–water partition coefficient (Wildman–Crippen LogP) is 5.75. The van der Waals surface area contributed by atoms with Gasteiger partial charge in [0.05, 0.1) is 38.6 Å². The molecular formula is C21H16F3N3O2S2. The standard InChI is InChI=1S/C21H16F3N3O2S2/c22-21(23,24)13-6-3-9-16-17(13)26-20(31-16)27(11-12-5-4-10-29-12)19(28)18-25-14-7-1-2-8-15(14)30-18/h1-3,6-9,12H,4-5,10-11H2/t12-/m1/s1. The number of hydrogen-bond acceptors (Lipinski definition) is 6. The number of benzene rings is 2. The molecule has 0 radical (unpaired) electrons. The van der Waals surface area contributed by atoms with Crippen LogP contribution in [0.25, 0.3) is 20.4 Å². The second-order valence-electron chi connectivity index (χ2n) is 7.18. The van der Waals surface area contributed by atoms with Gasteiger partial charge in [0.25, 0.3) is 5.91 Å². The summed E-state index contributed by atoms with van der Waals surface area (Å²) in [4.78, 5) is 23.5. The van der Waals surface area contributed by atoms with Crippen LogP contribution in [0.5, 0.6) is 0 Å². The highest BCUT2D eigenvalue weighted by Gasteiger charge is 2.35. The molecule has 1 saturated heterocycles. The molecule has 1 aliphatic heterocycles. The van der Waals surface area contributed by atoms with Gasteiger partial charge in [-0.3, -0.25) is 9.69 Å². The maximum absolute atomic E-state index is 13.5. The number of fused-ring (bicyclic) bond motifs is 2. The van der Waals surface area contributed by atoms with Gasteiger partial charge >= 0.3 is 6.18 Å². The van der Waals surface area contributed by atoms with Crippen LogP contribution in [0.15, 0.2) is 42.5 Å². The summed E-state index contributed by atoms with van der Waals surface area (Å²) >= 11 is 2.32. The van der Waals surface area contributed by atoms with Gasteiger partial charge in [0.1, 0.15) is 0 Å². The fourth-order valence-corrected chi connectivity index (χ4v) is 5.51. The molecule has 5 nitrogen and oxygen atoms in total. The van der Waals surface area contributed by atoms with E-state index in [1.807, 2.05) is 24.3 Å². The van der Waals surface area contributed by atoms with E-state index in [-0.39, 0.29) is 34.2 Å². The van der Waals surface area contributed by atoms with E-state index in [9.17, 15) is 18.0 Å². The van der Waals surface area contributed by atoms with Crippen LogP contribution < -0.4 is 4.90 Å². The highest BCUT2D eigenvalue weighted by atomic mass is 32.1. The lowest BCUT2D eigenvalue weighted by Gasteiger charge is -2.22. The molecule has 3 heterocycles. The van der Waals surface area contributed by atoms with E-state index in [0.29, 0.717) is 16.8 Å². The van der Waals surface area contributed by atoms with Crippen molar-refractivity contribution in [3.8, 4) is 0 Å². The Bertz CT molecular complexity index is 1230. The van der Waals surface area contributed by atoms with E-state index in [2.05, 4.69) is 9.97 Å². The Morgan fingerprint density at radius 3 is 2.65 bits per heavy atom. The fraction of sp³-hybridized carbons (Fsp3) is 0.286. The Hall–Kier alpha value is -2.56. The molecule has 10 heteroatoms. The topological polar surface area (TPSA) is 55.3 Å². The monoisotopic (exact) mass is 463 g/mol. The number of carbonyl (C=O) groups is 1. The minimum absolute atomic E-state index is 0.149. The van der Waals surface area contributed by atoms with Crippen LogP contribution in [0, 0.1) is 0 Å². The number of carbonyl (C=O) groups excluding carboxylic acids is 1. The summed E-state index contributed by atoms with van der Waals surface area (Å²) < 4.78 is 47.3. The first kappa shape index (κ1) is 20.3. The average molecular weight is 464 g/mol. The molecule has 2 aromatic heterocycles. The van der Waals surface area contributed by atoms with Crippen LogP contribution in [0.4, 0.5) is 18.3 Å². The van der Waals surface area contributed by atoms with Crippen LogP contribution in [0.2, 0.25) is 0 Å². The van der Waals surface area contributed by atoms with Gasteiger partial charge in [0, 0.05) is 6.61 Å². The molecule has 4 aromatic rings. The maximum Gasteiger partial charge on any atom is 0.418 e. The van der Waals surface area contributed by atoms with Crippen molar-refractivity contribution in [2.45, 2.75) is 25.1 Å². The van der Waals surface area contributed by atoms with Gasteiger partial charge in [-0.2, -0.15) is 13.2 Å². The summed E-state index contributed by atoms with van der Waals surface area (Å²) in [7, 11) is 0. The summed E-state index contributed by atoms with van der Waals surface area (Å²) in [5.74, 6) is -0.385. The van der Waals surface area contributed by atoms with E-state index >= 15 is 0 Å². The zero-order valence-electron chi connectivity index (χ0n) is 16.1. The average Bonchev–Trinajstić information content (AvgIpc) is 3.49. The Labute approximate surface area is 183 Å². The molecule has 1 atom stereocenters. The fourth-order valence-electron chi connectivity index (χ4n) is 3.60. The number of hydrogen-bond donors (Lipinski definition) is 0. The van der Waals surface area contributed by atoms with Crippen molar-refractivity contribution in [3.05, 3.63) is 53.0 Å². The summed E-state index contributed by atoms with van der Waals surface area (Å²) in [5, 5.41) is 0.487. The normalized spacial score (nSPS) is 16.9. The first-order chi connectivity index (χ1) is 14.9. The molecule has 0 bridgehead atoms. The molecule has 0 N–H and O–H groups in total. The summed E-state index contributed by atoms with van der Waals surface area (Å²) in [5.41, 5.74) is -0.252. The van der Waals surface area contributed by atoms with E-state index in [0.717, 1.165) is 34.9 Å². The molecule has 0 unspecified atom stereocenters. The lowest BCUT2D eigenvalue weighted by atomic mass is 10.2. The van der Waals surface area contributed by atoms with Gasteiger partial charge in [-0.05, 0) is 37.1 Å². The van der Waals surface area contributed by atoms with Gasteiger partial charge in [-0.1, -0.05) is 29.5 Å². The van der Waals surface area contributed by atoms with Gasteiger partial charge in [-0.25, -0.2) is 9.97 Å². The molecule has 0 saturated carbocycles. The molecule has 1 amide bonds. The number of anilines is 1. The first-order valence-electron chi connectivity index (χ1n) is 9.66. The molecule has 0 spiro atoms. The van der Waals surface area contributed by atoms with E-state index in [4.69, 9.17) is 4.74 Å².